The lowest BCUT2D eigenvalue weighted by Crippen LogP contribution is -2.42. The Labute approximate surface area is 117 Å². The number of amides is 1. The summed E-state index contributed by atoms with van der Waals surface area (Å²) < 4.78 is 32.1. The summed E-state index contributed by atoms with van der Waals surface area (Å²) in [4.78, 5) is 11.0. The van der Waals surface area contributed by atoms with Crippen molar-refractivity contribution >= 4 is 22.0 Å². The smallest absolute Gasteiger partial charge is 0.421 e. The van der Waals surface area contributed by atoms with E-state index in [4.69, 9.17) is 5.73 Å². The van der Waals surface area contributed by atoms with Crippen LogP contribution in [0.4, 0.5) is 10.5 Å². The van der Waals surface area contributed by atoms with E-state index in [1.54, 1.807) is 10.8 Å². The molecule has 0 radical (unpaired) electrons. The predicted molar refractivity (Wildman–Crippen MR) is 74.1 cm³/mol. The first kappa shape index (κ1) is 14.6. The van der Waals surface area contributed by atoms with Crippen LogP contribution in [0.5, 0.6) is 0 Å². The van der Waals surface area contributed by atoms with Crippen LogP contribution in [0.3, 0.4) is 0 Å². The highest BCUT2D eigenvalue weighted by atomic mass is 32.2. The van der Waals surface area contributed by atoms with Crippen LogP contribution in [-0.2, 0) is 21.4 Å². The van der Waals surface area contributed by atoms with Gasteiger partial charge in [0.2, 0.25) is 0 Å². The molecule has 1 aliphatic rings. The zero-order valence-corrected chi connectivity index (χ0v) is 11.9. The molecule has 1 atom stereocenters. The minimum Gasteiger partial charge on any atom is -0.452 e. The lowest BCUT2D eigenvalue weighted by Gasteiger charge is -2.26. The molecule has 20 heavy (non-hydrogen) atoms. The Morgan fingerprint density at radius 1 is 1.45 bits per heavy atom. The second-order valence-corrected chi connectivity index (χ2v) is 6.06. The maximum absolute atomic E-state index is 11.8. The molecular formula is C12H17N3O4S. The van der Waals surface area contributed by atoms with Gasteiger partial charge in [-0.25, -0.2) is 9.52 Å². The summed E-state index contributed by atoms with van der Waals surface area (Å²) in [6.07, 6.45) is 1.36. The van der Waals surface area contributed by atoms with Gasteiger partial charge in [0.15, 0.2) is 0 Å². The lowest BCUT2D eigenvalue weighted by atomic mass is 9.88. The molecule has 0 fully saturated rings. The number of ether oxygens (including phenoxy) is 1. The largest absolute Gasteiger partial charge is 0.452 e. The minimum atomic E-state index is -3.95. The SMILES string of the molecule is COC(=O)NS(=O)(=O)NC1CCCc2cc(N)ccc21. The Balaban J connectivity index is 2.18. The van der Waals surface area contributed by atoms with Crippen LogP contribution in [0.15, 0.2) is 18.2 Å². The number of nitrogen functional groups attached to an aromatic ring is 1. The van der Waals surface area contributed by atoms with E-state index in [0.29, 0.717) is 12.1 Å². The summed E-state index contributed by atoms with van der Waals surface area (Å²) >= 11 is 0. The fourth-order valence-corrected chi connectivity index (χ4v) is 3.31. The Kier molecular flexibility index (Phi) is 4.15. The van der Waals surface area contributed by atoms with Gasteiger partial charge in [-0.2, -0.15) is 13.1 Å². The Morgan fingerprint density at radius 2 is 2.20 bits per heavy atom. The molecule has 0 saturated carbocycles. The van der Waals surface area contributed by atoms with Crippen LogP contribution in [0.1, 0.15) is 30.0 Å². The molecule has 1 aromatic rings. The summed E-state index contributed by atoms with van der Waals surface area (Å²) in [7, 11) is -2.85. The van der Waals surface area contributed by atoms with Crippen molar-refractivity contribution in [2.24, 2.45) is 0 Å². The lowest BCUT2D eigenvalue weighted by molar-refractivity contribution is 0.177. The van der Waals surface area contributed by atoms with Gasteiger partial charge in [-0.3, -0.25) is 0 Å². The van der Waals surface area contributed by atoms with E-state index in [-0.39, 0.29) is 6.04 Å². The summed E-state index contributed by atoms with van der Waals surface area (Å²) in [6, 6.07) is 5.03. The zero-order chi connectivity index (χ0) is 14.8. The molecule has 0 aliphatic heterocycles. The first-order valence-corrected chi connectivity index (χ1v) is 7.66. The standard InChI is InChI=1S/C12H17N3O4S/c1-19-12(16)15-20(17,18)14-11-4-2-3-8-7-9(13)5-6-10(8)11/h5-7,11,14H,2-4,13H2,1H3,(H,15,16). The van der Waals surface area contributed by atoms with Crippen molar-refractivity contribution in [2.75, 3.05) is 12.8 Å². The number of nitrogens with one attached hydrogen (secondary N) is 2. The maximum atomic E-state index is 11.8. The molecule has 1 aliphatic carbocycles. The molecular weight excluding hydrogens is 282 g/mol. The number of fused-ring (bicyclic) bond motifs is 1. The maximum Gasteiger partial charge on any atom is 0.421 e. The average molecular weight is 299 g/mol. The first-order chi connectivity index (χ1) is 9.41. The van der Waals surface area contributed by atoms with E-state index in [1.807, 2.05) is 12.1 Å². The van der Waals surface area contributed by atoms with E-state index in [0.717, 1.165) is 31.1 Å². The minimum absolute atomic E-state index is 0.374. The number of rotatable bonds is 3. The van der Waals surface area contributed by atoms with Gasteiger partial charge < -0.3 is 10.5 Å². The zero-order valence-electron chi connectivity index (χ0n) is 11.0. The molecule has 2 rings (SSSR count). The Morgan fingerprint density at radius 3 is 2.90 bits per heavy atom. The average Bonchev–Trinajstić information content (AvgIpc) is 2.37. The second kappa shape index (κ2) is 5.68. The summed E-state index contributed by atoms with van der Waals surface area (Å²) in [6.45, 7) is 0. The van der Waals surface area contributed by atoms with Crippen molar-refractivity contribution in [3.05, 3.63) is 29.3 Å². The van der Waals surface area contributed by atoms with Crippen molar-refractivity contribution in [1.29, 1.82) is 0 Å². The van der Waals surface area contributed by atoms with Gasteiger partial charge in [0.25, 0.3) is 0 Å². The molecule has 110 valence electrons. The van der Waals surface area contributed by atoms with Gasteiger partial charge in [-0.05, 0) is 42.5 Å². The van der Waals surface area contributed by atoms with Crippen molar-refractivity contribution in [3.63, 3.8) is 0 Å². The van der Waals surface area contributed by atoms with Gasteiger partial charge in [0, 0.05) is 11.7 Å². The van der Waals surface area contributed by atoms with E-state index in [2.05, 4.69) is 9.46 Å². The quantitative estimate of drug-likeness (QED) is 0.716. The highest BCUT2D eigenvalue weighted by Crippen LogP contribution is 2.31. The van der Waals surface area contributed by atoms with Crippen LogP contribution in [0.2, 0.25) is 0 Å². The molecule has 0 bridgehead atoms. The number of carbonyl (C=O) groups is 1. The van der Waals surface area contributed by atoms with Crippen LogP contribution in [-0.4, -0.2) is 21.6 Å². The van der Waals surface area contributed by atoms with Crippen LogP contribution in [0, 0.1) is 0 Å². The molecule has 0 saturated heterocycles. The number of anilines is 1. The number of methoxy groups -OCH3 is 1. The highest BCUT2D eigenvalue weighted by Gasteiger charge is 2.25. The topological polar surface area (TPSA) is 111 Å². The summed E-state index contributed by atoms with van der Waals surface area (Å²) in [5.74, 6) is 0. The normalized spacial score (nSPS) is 18.1. The van der Waals surface area contributed by atoms with Crippen molar-refractivity contribution < 1.29 is 17.9 Å². The Bertz CT molecular complexity index is 615. The third-order valence-electron chi connectivity index (χ3n) is 3.18. The first-order valence-electron chi connectivity index (χ1n) is 6.17. The van der Waals surface area contributed by atoms with Gasteiger partial charge >= 0.3 is 16.3 Å². The third kappa shape index (κ3) is 3.40. The van der Waals surface area contributed by atoms with Gasteiger partial charge in [0.05, 0.1) is 7.11 Å². The molecule has 0 aromatic heterocycles. The van der Waals surface area contributed by atoms with Crippen molar-refractivity contribution in [2.45, 2.75) is 25.3 Å². The molecule has 8 heteroatoms. The van der Waals surface area contributed by atoms with E-state index in [9.17, 15) is 13.2 Å². The van der Waals surface area contributed by atoms with Crippen LogP contribution in [0.25, 0.3) is 0 Å². The number of nitrogens with two attached hydrogens (primary N) is 1. The van der Waals surface area contributed by atoms with Crippen LogP contribution < -0.4 is 15.2 Å². The molecule has 4 N–H and O–H groups in total. The predicted octanol–water partition coefficient (Wildman–Crippen LogP) is 0.837. The van der Waals surface area contributed by atoms with E-state index < -0.39 is 16.3 Å². The third-order valence-corrected chi connectivity index (χ3v) is 4.21. The molecule has 7 nitrogen and oxygen atoms in total. The summed E-state index contributed by atoms with van der Waals surface area (Å²) in [5.41, 5.74) is 8.30. The number of aryl methyl sites for hydroxylation is 1. The van der Waals surface area contributed by atoms with Gasteiger partial charge in [0.1, 0.15) is 0 Å². The fourth-order valence-electron chi connectivity index (χ4n) is 2.32. The molecule has 1 unspecified atom stereocenters. The van der Waals surface area contributed by atoms with Crippen LogP contribution >= 0.6 is 0 Å². The molecule has 1 amide bonds. The number of hydrogen-bond acceptors (Lipinski definition) is 5. The fraction of sp³-hybridized carbons (Fsp3) is 0.417. The number of carbonyl (C=O) groups excluding carboxylic acids is 1. The second-order valence-electron chi connectivity index (χ2n) is 4.62. The number of hydrogen-bond donors (Lipinski definition) is 3. The number of benzene rings is 1. The van der Waals surface area contributed by atoms with E-state index >= 15 is 0 Å². The van der Waals surface area contributed by atoms with Gasteiger partial charge in [-0.1, -0.05) is 6.07 Å². The van der Waals surface area contributed by atoms with Crippen molar-refractivity contribution in [3.8, 4) is 0 Å². The Hall–Kier alpha value is -1.80. The van der Waals surface area contributed by atoms with E-state index in [1.165, 1.54) is 0 Å². The molecule has 0 heterocycles. The van der Waals surface area contributed by atoms with Gasteiger partial charge in [-0.15, -0.1) is 0 Å². The van der Waals surface area contributed by atoms with Crippen molar-refractivity contribution in [1.82, 2.24) is 9.44 Å². The monoisotopic (exact) mass is 299 g/mol. The molecule has 1 aromatic carbocycles. The molecule has 0 spiro atoms. The summed E-state index contributed by atoms with van der Waals surface area (Å²) in [5, 5.41) is 0. The highest BCUT2D eigenvalue weighted by molar-refractivity contribution is 7.88.